The molecule has 0 aliphatic carbocycles. The third-order valence-corrected chi connectivity index (χ3v) is 5.04. The van der Waals surface area contributed by atoms with Crippen LogP contribution in [0.3, 0.4) is 0 Å². The van der Waals surface area contributed by atoms with Gasteiger partial charge in [0.1, 0.15) is 23.2 Å². The molecular weight excluding hydrogens is 363 g/mol. The molecule has 0 spiro atoms. The van der Waals surface area contributed by atoms with Gasteiger partial charge in [0.25, 0.3) is 5.91 Å². The Balaban J connectivity index is 1.65. The molecule has 0 unspecified atom stereocenters. The first-order valence-electron chi connectivity index (χ1n) is 7.72. The van der Waals surface area contributed by atoms with Crippen molar-refractivity contribution in [1.82, 2.24) is 9.55 Å². The van der Waals surface area contributed by atoms with Crippen molar-refractivity contribution in [3.05, 3.63) is 52.3 Å². The van der Waals surface area contributed by atoms with Gasteiger partial charge in [-0.2, -0.15) is 4.98 Å². The number of thioether (sulfide) groups is 1. The number of carbonyl (C=O) groups excluding carboxylic acids is 1. The Kier molecular flexibility index (Phi) is 4.31. The summed E-state index contributed by atoms with van der Waals surface area (Å²) in [7, 11) is 0. The van der Waals surface area contributed by atoms with Crippen LogP contribution < -0.4 is 11.0 Å². The van der Waals surface area contributed by atoms with E-state index in [1.165, 1.54) is 46.8 Å². The molecule has 2 aliphatic rings. The van der Waals surface area contributed by atoms with Crippen molar-refractivity contribution in [3.8, 4) is 0 Å². The van der Waals surface area contributed by atoms with Crippen LogP contribution in [0.25, 0.3) is 0 Å². The van der Waals surface area contributed by atoms with Crippen molar-refractivity contribution in [2.24, 2.45) is 4.99 Å². The summed E-state index contributed by atoms with van der Waals surface area (Å²) in [5, 5.41) is 11.7. The van der Waals surface area contributed by atoms with Crippen LogP contribution in [0.5, 0.6) is 0 Å². The molecule has 2 aliphatic heterocycles. The maximum atomic E-state index is 13.5. The molecular formula is C16H13FN4O4S. The topological polar surface area (TPSA) is 106 Å². The first-order valence-corrected chi connectivity index (χ1v) is 8.77. The number of fused-ring (bicyclic) bond motifs is 1. The van der Waals surface area contributed by atoms with E-state index < -0.39 is 23.6 Å². The predicted molar refractivity (Wildman–Crippen MR) is 93.2 cm³/mol. The first kappa shape index (κ1) is 16.9. The van der Waals surface area contributed by atoms with Crippen LogP contribution >= 0.6 is 11.8 Å². The third-order valence-electron chi connectivity index (χ3n) is 3.93. The molecule has 26 heavy (non-hydrogen) atoms. The molecule has 1 saturated heterocycles. The Morgan fingerprint density at radius 1 is 1.42 bits per heavy atom. The first-order chi connectivity index (χ1) is 12.5. The maximum Gasteiger partial charge on any atom is 0.351 e. The predicted octanol–water partition coefficient (Wildman–Crippen LogP) is 1.04. The number of aliphatic hydroxyl groups excluding tert-OH is 1. The number of nitrogens with one attached hydrogen (secondary N) is 1. The van der Waals surface area contributed by atoms with E-state index in [0.29, 0.717) is 17.0 Å². The number of aliphatic hydroxyl groups is 1. The number of nitrogens with zero attached hydrogens (tertiary/aromatic N) is 3. The lowest BCUT2D eigenvalue weighted by atomic mass is 10.1. The average Bonchev–Trinajstić information content (AvgIpc) is 3.20. The van der Waals surface area contributed by atoms with E-state index in [1.54, 1.807) is 0 Å². The highest BCUT2D eigenvalue weighted by Crippen LogP contribution is 2.30. The van der Waals surface area contributed by atoms with Crippen LogP contribution in [0.15, 0.2) is 40.2 Å². The van der Waals surface area contributed by atoms with E-state index in [4.69, 9.17) is 9.84 Å². The zero-order valence-corrected chi connectivity index (χ0v) is 14.1. The minimum absolute atomic E-state index is 0.00262. The molecule has 0 radical (unpaired) electrons. The molecule has 2 N–H and O–H groups in total. The van der Waals surface area contributed by atoms with E-state index >= 15 is 0 Å². The van der Waals surface area contributed by atoms with Crippen molar-refractivity contribution in [1.29, 1.82) is 0 Å². The van der Waals surface area contributed by atoms with Gasteiger partial charge in [0, 0.05) is 17.5 Å². The normalized spacial score (nSPS) is 23.3. The molecule has 1 aromatic heterocycles. The highest BCUT2D eigenvalue weighted by atomic mass is 32.2. The number of carbonyl (C=O) groups is 1. The van der Waals surface area contributed by atoms with Crippen LogP contribution in [0, 0.1) is 5.82 Å². The number of amides is 1. The summed E-state index contributed by atoms with van der Waals surface area (Å²) in [6, 6.07) is 5.36. The largest absolute Gasteiger partial charge is 0.393 e. The fourth-order valence-electron chi connectivity index (χ4n) is 2.72. The number of ether oxygens (including phenoxy) is 1. The average molecular weight is 376 g/mol. The fourth-order valence-corrected chi connectivity index (χ4v) is 3.65. The summed E-state index contributed by atoms with van der Waals surface area (Å²) in [4.78, 5) is 32.3. The number of rotatable bonds is 3. The quantitative estimate of drug-likeness (QED) is 0.829. The van der Waals surface area contributed by atoms with Gasteiger partial charge in [-0.1, -0.05) is 0 Å². The summed E-state index contributed by atoms with van der Waals surface area (Å²) in [5.74, 6) is -0.433. The Labute approximate surface area is 150 Å². The number of halogens is 1. The number of aromatic nitrogens is 2. The van der Waals surface area contributed by atoms with Crippen LogP contribution in [0.4, 0.5) is 15.9 Å². The van der Waals surface area contributed by atoms with Gasteiger partial charge in [0.15, 0.2) is 5.82 Å². The van der Waals surface area contributed by atoms with Crippen LogP contribution in [-0.2, 0) is 9.53 Å². The van der Waals surface area contributed by atoms with E-state index in [1.807, 2.05) is 0 Å². The summed E-state index contributed by atoms with van der Waals surface area (Å²) >= 11 is 1.40. The van der Waals surface area contributed by atoms with E-state index in [9.17, 15) is 14.0 Å². The van der Waals surface area contributed by atoms with Crippen LogP contribution in [0.2, 0.25) is 0 Å². The second kappa shape index (κ2) is 6.63. The van der Waals surface area contributed by atoms with Crippen molar-refractivity contribution >= 4 is 34.9 Å². The maximum absolute atomic E-state index is 13.5. The lowest BCUT2D eigenvalue weighted by Gasteiger charge is -2.13. The van der Waals surface area contributed by atoms with E-state index in [0.717, 1.165) is 0 Å². The highest BCUT2D eigenvalue weighted by Gasteiger charge is 2.28. The Bertz CT molecular complexity index is 977. The molecule has 1 amide bonds. The lowest BCUT2D eigenvalue weighted by Crippen LogP contribution is -2.28. The van der Waals surface area contributed by atoms with E-state index in [2.05, 4.69) is 15.3 Å². The Hall–Kier alpha value is -2.56. The van der Waals surface area contributed by atoms with Crippen LogP contribution in [0.1, 0.15) is 11.8 Å². The SMILES string of the molecule is O=C1Nc2ccc(F)cc2C1=Nc1ccn([C@H]2CS[C@@H](CO)O2)c(=O)n1. The summed E-state index contributed by atoms with van der Waals surface area (Å²) in [5.41, 5.74) is -0.191. The number of hydrogen-bond acceptors (Lipinski definition) is 7. The molecule has 2 aromatic rings. The molecule has 2 atom stereocenters. The number of hydrogen-bond donors (Lipinski definition) is 2. The lowest BCUT2D eigenvalue weighted by molar-refractivity contribution is -0.110. The minimum atomic E-state index is -0.589. The van der Waals surface area contributed by atoms with E-state index in [-0.39, 0.29) is 23.6 Å². The summed E-state index contributed by atoms with van der Waals surface area (Å²) < 4.78 is 20.3. The fraction of sp³-hybridized carbons (Fsp3) is 0.250. The molecule has 0 saturated carbocycles. The van der Waals surface area contributed by atoms with Gasteiger partial charge in [0.05, 0.1) is 12.3 Å². The highest BCUT2D eigenvalue weighted by molar-refractivity contribution is 8.00. The molecule has 1 aromatic carbocycles. The van der Waals surface area contributed by atoms with Crippen molar-refractivity contribution in [2.45, 2.75) is 11.7 Å². The second-order valence-corrected chi connectivity index (χ2v) is 6.81. The van der Waals surface area contributed by atoms with Gasteiger partial charge in [-0.25, -0.2) is 14.2 Å². The van der Waals surface area contributed by atoms with Gasteiger partial charge in [-0.15, -0.1) is 11.8 Å². The van der Waals surface area contributed by atoms with Gasteiger partial charge in [-0.3, -0.25) is 9.36 Å². The zero-order valence-electron chi connectivity index (χ0n) is 13.3. The molecule has 8 nitrogen and oxygen atoms in total. The minimum Gasteiger partial charge on any atom is -0.393 e. The van der Waals surface area contributed by atoms with Crippen molar-refractivity contribution in [3.63, 3.8) is 0 Å². The van der Waals surface area contributed by atoms with Crippen LogP contribution in [-0.4, -0.2) is 44.1 Å². The van der Waals surface area contributed by atoms with Gasteiger partial charge in [0.2, 0.25) is 0 Å². The van der Waals surface area contributed by atoms with Gasteiger partial charge >= 0.3 is 5.69 Å². The smallest absolute Gasteiger partial charge is 0.351 e. The number of anilines is 1. The molecule has 1 fully saturated rings. The van der Waals surface area contributed by atoms with Gasteiger partial charge in [-0.05, 0) is 24.3 Å². The van der Waals surface area contributed by atoms with Crippen molar-refractivity contribution in [2.75, 3.05) is 17.7 Å². The van der Waals surface area contributed by atoms with Gasteiger partial charge < -0.3 is 15.2 Å². The number of benzene rings is 1. The molecule has 10 heteroatoms. The second-order valence-electron chi connectivity index (χ2n) is 5.62. The molecule has 4 rings (SSSR count). The Morgan fingerprint density at radius 2 is 2.27 bits per heavy atom. The number of aliphatic imine (C=N–C) groups is 1. The third kappa shape index (κ3) is 3.02. The monoisotopic (exact) mass is 376 g/mol. The zero-order chi connectivity index (χ0) is 18.3. The Morgan fingerprint density at radius 3 is 3.00 bits per heavy atom. The molecule has 3 heterocycles. The molecule has 134 valence electrons. The summed E-state index contributed by atoms with van der Waals surface area (Å²) in [6.07, 6.45) is 0.947. The molecule has 0 bridgehead atoms. The summed E-state index contributed by atoms with van der Waals surface area (Å²) in [6.45, 7) is -0.139. The van der Waals surface area contributed by atoms with Crippen molar-refractivity contribution < 1.29 is 19.0 Å². The standard InChI is InChI=1S/C16H13FN4O4S/c17-8-1-2-10-9(5-8)14(15(23)18-10)19-11-3-4-21(16(24)20-11)12-7-26-13(6-22)25-12/h1-5,12-13,22H,6-7H2,(H,18,19,20,23,24)/t12-,13+/m1/s1.